The minimum Gasteiger partial charge on any atom is -0.373 e. The van der Waals surface area contributed by atoms with E-state index in [9.17, 15) is 4.79 Å². The molecule has 1 amide bonds. The van der Waals surface area contributed by atoms with E-state index in [0.29, 0.717) is 5.56 Å². The normalized spacial score (nSPS) is 11.7. The van der Waals surface area contributed by atoms with Gasteiger partial charge in [-0.25, -0.2) is 0 Å². The molecule has 1 atom stereocenters. The molecule has 2 rings (SSSR count). The molecule has 2 aromatic rings. The highest BCUT2D eigenvalue weighted by Gasteiger charge is 2.15. The monoisotopic (exact) mass is 267 g/mol. The number of nitrogens with zero attached hydrogens (tertiary/aromatic N) is 2. The van der Waals surface area contributed by atoms with E-state index in [1.807, 2.05) is 37.3 Å². The van der Waals surface area contributed by atoms with Crippen molar-refractivity contribution in [3.8, 4) is 6.07 Å². The molecule has 102 valence electrons. The van der Waals surface area contributed by atoms with Crippen molar-refractivity contribution in [2.24, 2.45) is 0 Å². The SMILES string of the molecule is CC(Nc1ccc(C#N)c2ccccc12)C(=O)N(C)C. The molecule has 4 nitrogen and oxygen atoms in total. The number of nitriles is 1. The highest BCUT2D eigenvalue weighted by Crippen LogP contribution is 2.26. The van der Waals surface area contributed by atoms with Gasteiger partial charge in [0.2, 0.25) is 5.91 Å². The summed E-state index contributed by atoms with van der Waals surface area (Å²) in [6.07, 6.45) is 0. The Hall–Kier alpha value is -2.54. The van der Waals surface area contributed by atoms with Crippen LogP contribution in [0.3, 0.4) is 0 Å². The van der Waals surface area contributed by atoms with Gasteiger partial charge in [-0.1, -0.05) is 24.3 Å². The molecule has 0 radical (unpaired) electrons. The van der Waals surface area contributed by atoms with Crippen molar-refractivity contribution in [1.29, 1.82) is 5.26 Å². The van der Waals surface area contributed by atoms with Crippen molar-refractivity contribution >= 4 is 22.4 Å². The Morgan fingerprint density at radius 1 is 1.20 bits per heavy atom. The first-order chi connectivity index (χ1) is 9.54. The molecule has 0 heterocycles. The number of benzene rings is 2. The molecule has 0 saturated heterocycles. The molecular weight excluding hydrogens is 250 g/mol. The van der Waals surface area contributed by atoms with E-state index in [4.69, 9.17) is 5.26 Å². The van der Waals surface area contributed by atoms with Crippen LogP contribution in [0.4, 0.5) is 5.69 Å². The lowest BCUT2D eigenvalue weighted by molar-refractivity contribution is -0.129. The third kappa shape index (κ3) is 2.57. The summed E-state index contributed by atoms with van der Waals surface area (Å²) >= 11 is 0. The van der Waals surface area contributed by atoms with Crippen LogP contribution in [0.5, 0.6) is 0 Å². The molecule has 0 bridgehead atoms. The van der Waals surface area contributed by atoms with Crippen molar-refractivity contribution < 1.29 is 4.79 Å². The summed E-state index contributed by atoms with van der Waals surface area (Å²) in [4.78, 5) is 13.5. The molecule has 2 aromatic carbocycles. The molecular formula is C16H17N3O. The molecule has 0 aliphatic heterocycles. The van der Waals surface area contributed by atoms with Crippen LogP contribution in [-0.4, -0.2) is 30.9 Å². The summed E-state index contributed by atoms with van der Waals surface area (Å²) in [5.41, 5.74) is 1.50. The minimum atomic E-state index is -0.318. The van der Waals surface area contributed by atoms with Gasteiger partial charge < -0.3 is 10.2 Å². The van der Waals surface area contributed by atoms with Crippen molar-refractivity contribution in [2.45, 2.75) is 13.0 Å². The lowest BCUT2D eigenvalue weighted by atomic mass is 10.0. The zero-order valence-electron chi connectivity index (χ0n) is 11.8. The summed E-state index contributed by atoms with van der Waals surface area (Å²) in [7, 11) is 3.47. The number of carbonyl (C=O) groups is 1. The number of likely N-dealkylation sites (N-methyl/N-ethyl adjacent to an activating group) is 1. The van der Waals surface area contributed by atoms with Gasteiger partial charge in [-0.05, 0) is 19.1 Å². The Morgan fingerprint density at radius 2 is 1.85 bits per heavy atom. The van der Waals surface area contributed by atoms with Gasteiger partial charge in [0.15, 0.2) is 0 Å². The van der Waals surface area contributed by atoms with Gasteiger partial charge in [-0.15, -0.1) is 0 Å². The van der Waals surface area contributed by atoms with E-state index in [1.165, 1.54) is 0 Å². The second-order valence-corrected chi connectivity index (χ2v) is 4.92. The molecule has 1 unspecified atom stereocenters. The molecule has 20 heavy (non-hydrogen) atoms. The lowest BCUT2D eigenvalue weighted by Gasteiger charge is -2.20. The maximum Gasteiger partial charge on any atom is 0.244 e. The molecule has 0 aliphatic carbocycles. The fourth-order valence-electron chi connectivity index (χ4n) is 2.20. The molecule has 1 N–H and O–H groups in total. The summed E-state index contributed by atoms with van der Waals surface area (Å²) in [5, 5.41) is 14.2. The van der Waals surface area contributed by atoms with Crippen LogP contribution in [0.15, 0.2) is 36.4 Å². The molecule has 0 spiro atoms. The standard InChI is InChI=1S/C16H17N3O/c1-11(16(20)19(2)3)18-15-9-8-12(10-17)13-6-4-5-7-14(13)15/h4-9,11,18H,1-3H3. The van der Waals surface area contributed by atoms with Crippen LogP contribution in [0.2, 0.25) is 0 Å². The highest BCUT2D eigenvalue weighted by atomic mass is 16.2. The van der Waals surface area contributed by atoms with Crippen LogP contribution >= 0.6 is 0 Å². The number of rotatable bonds is 3. The van der Waals surface area contributed by atoms with Crippen molar-refractivity contribution in [3.05, 3.63) is 42.0 Å². The fourth-order valence-corrected chi connectivity index (χ4v) is 2.20. The average molecular weight is 267 g/mol. The Morgan fingerprint density at radius 3 is 2.45 bits per heavy atom. The summed E-state index contributed by atoms with van der Waals surface area (Å²) in [6, 6.07) is 13.2. The maximum absolute atomic E-state index is 11.9. The number of hydrogen-bond donors (Lipinski definition) is 1. The van der Waals surface area contributed by atoms with E-state index < -0.39 is 0 Å². The molecule has 4 heteroatoms. The lowest BCUT2D eigenvalue weighted by Crippen LogP contribution is -2.36. The summed E-state index contributed by atoms with van der Waals surface area (Å²) < 4.78 is 0. The van der Waals surface area contributed by atoms with Crippen molar-refractivity contribution in [1.82, 2.24) is 4.90 Å². The first kappa shape index (κ1) is 13.9. The highest BCUT2D eigenvalue weighted by molar-refractivity contribution is 5.98. The minimum absolute atomic E-state index is 0.0124. The van der Waals surface area contributed by atoms with Gasteiger partial charge in [0.05, 0.1) is 11.6 Å². The second-order valence-electron chi connectivity index (χ2n) is 4.92. The zero-order valence-corrected chi connectivity index (χ0v) is 11.8. The van der Waals surface area contributed by atoms with Crippen LogP contribution < -0.4 is 5.32 Å². The Kier molecular flexibility index (Phi) is 3.90. The van der Waals surface area contributed by atoms with Gasteiger partial charge in [-0.2, -0.15) is 5.26 Å². The number of anilines is 1. The van der Waals surface area contributed by atoms with Crippen molar-refractivity contribution in [2.75, 3.05) is 19.4 Å². The van der Waals surface area contributed by atoms with Gasteiger partial charge >= 0.3 is 0 Å². The Labute approximate surface area is 118 Å². The van der Waals surface area contributed by atoms with E-state index in [-0.39, 0.29) is 11.9 Å². The Bertz CT molecular complexity index is 686. The van der Waals surface area contributed by atoms with Crippen LogP contribution in [0, 0.1) is 11.3 Å². The number of amides is 1. The van der Waals surface area contributed by atoms with Gasteiger partial charge in [-0.3, -0.25) is 4.79 Å². The Balaban J connectivity index is 2.42. The van der Waals surface area contributed by atoms with Gasteiger partial charge in [0, 0.05) is 30.6 Å². The van der Waals surface area contributed by atoms with Crippen LogP contribution in [0.1, 0.15) is 12.5 Å². The van der Waals surface area contributed by atoms with Gasteiger partial charge in [0.25, 0.3) is 0 Å². The summed E-state index contributed by atoms with van der Waals surface area (Å²) in [6.45, 7) is 1.83. The predicted octanol–water partition coefficient (Wildman–Crippen LogP) is 2.60. The zero-order chi connectivity index (χ0) is 14.7. The quantitative estimate of drug-likeness (QED) is 0.930. The van der Waals surface area contributed by atoms with E-state index in [1.54, 1.807) is 25.1 Å². The van der Waals surface area contributed by atoms with E-state index in [2.05, 4.69) is 11.4 Å². The van der Waals surface area contributed by atoms with Gasteiger partial charge in [0.1, 0.15) is 6.04 Å². The second kappa shape index (κ2) is 5.62. The first-order valence-corrected chi connectivity index (χ1v) is 6.44. The largest absolute Gasteiger partial charge is 0.373 e. The number of fused-ring (bicyclic) bond motifs is 1. The molecule has 0 saturated carbocycles. The number of carbonyl (C=O) groups excluding carboxylic acids is 1. The van der Waals surface area contributed by atoms with E-state index >= 15 is 0 Å². The third-order valence-electron chi connectivity index (χ3n) is 3.23. The third-order valence-corrected chi connectivity index (χ3v) is 3.23. The first-order valence-electron chi connectivity index (χ1n) is 6.44. The van der Waals surface area contributed by atoms with E-state index in [0.717, 1.165) is 16.5 Å². The maximum atomic E-state index is 11.9. The molecule has 0 aliphatic rings. The molecule has 0 fully saturated rings. The number of hydrogen-bond acceptors (Lipinski definition) is 3. The predicted molar refractivity (Wildman–Crippen MR) is 80.4 cm³/mol. The fraction of sp³-hybridized carbons (Fsp3) is 0.250. The van der Waals surface area contributed by atoms with Crippen LogP contribution in [-0.2, 0) is 4.79 Å². The smallest absolute Gasteiger partial charge is 0.244 e. The van der Waals surface area contributed by atoms with Crippen LogP contribution in [0.25, 0.3) is 10.8 Å². The molecule has 0 aromatic heterocycles. The van der Waals surface area contributed by atoms with Crippen molar-refractivity contribution in [3.63, 3.8) is 0 Å². The average Bonchev–Trinajstić information content (AvgIpc) is 2.46. The number of nitrogens with one attached hydrogen (secondary N) is 1. The topological polar surface area (TPSA) is 56.1 Å². The summed E-state index contributed by atoms with van der Waals surface area (Å²) in [5.74, 6) is 0.0124.